The van der Waals surface area contributed by atoms with Crippen LogP contribution in [-0.4, -0.2) is 11.0 Å². The molecular weight excluding hydrogens is 208 g/mol. The summed E-state index contributed by atoms with van der Waals surface area (Å²) in [4.78, 5) is 0. The van der Waals surface area contributed by atoms with Crippen LogP contribution in [0.2, 0.25) is 0 Å². The Balaban J connectivity index is 2.98. The molecular formula is C12H26S2. The van der Waals surface area contributed by atoms with Gasteiger partial charge in [0.2, 0.25) is 0 Å². The van der Waals surface area contributed by atoms with Gasteiger partial charge in [0.15, 0.2) is 0 Å². The molecule has 0 amide bonds. The molecule has 0 N–H and O–H groups in total. The highest BCUT2D eigenvalue weighted by Crippen LogP contribution is 2.15. The third kappa shape index (κ3) is 10.8. The summed E-state index contributed by atoms with van der Waals surface area (Å²) < 4.78 is 0. The molecule has 1 atom stereocenters. The number of hydrogen-bond donors (Lipinski definition) is 2. The molecule has 0 aliphatic heterocycles. The minimum absolute atomic E-state index is 0.650. The summed E-state index contributed by atoms with van der Waals surface area (Å²) in [5, 5.41) is 0.650. The maximum atomic E-state index is 4.56. The third-order valence-corrected chi connectivity index (χ3v) is 3.40. The van der Waals surface area contributed by atoms with Gasteiger partial charge in [0.1, 0.15) is 0 Å². The molecule has 0 aliphatic rings. The lowest BCUT2D eigenvalue weighted by molar-refractivity contribution is 0.571. The molecule has 2 heteroatoms. The van der Waals surface area contributed by atoms with Gasteiger partial charge in [-0.1, -0.05) is 45.4 Å². The summed E-state index contributed by atoms with van der Waals surface area (Å²) in [7, 11) is 0. The number of unbranched alkanes of at least 4 members (excludes halogenated alkanes) is 5. The molecule has 0 radical (unpaired) electrons. The van der Waals surface area contributed by atoms with Gasteiger partial charge in [0.05, 0.1) is 0 Å². The van der Waals surface area contributed by atoms with Crippen LogP contribution in [0.4, 0.5) is 0 Å². The number of hydrogen-bond acceptors (Lipinski definition) is 2. The van der Waals surface area contributed by atoms with Crippen molar-refractivity contribution in [3.8, 4) is 0 Å². The molecule has 0 nitrogen and oxygen atoms in total. The van der Waals surface area contributed by atoms with Crippen LogP contribution in [0.25, 0.3) is 0 Å². The third-order valence-electron chi connectivity index (χ3n) is 2.57. The van der Waals surface area contributed by atoms with Crippen LogP contribution in [0.15, 0.2) is 0 Å². The predicted molar refractivity (Wildman–Crippen MR) is 73.9 cm³/mol. The van der Waals surface area contributed by atoms with E-state index in [9.17, 15) is 0 Å². The van der Waals surface area contributed by atoms with Crippen molar-refractivity contribution in [2.75, 3.05) is 5.75 Å². The van der Waals surface area contributed by atoms with Gasteiger partial charge >= 0.3 is 0 Å². The van der Waals surface area contributed by atoms with Gasteiger partial charge < -0.3 is 0 Å². The molecule has 0 saturated heterocycles. The molecule has 0 saturated carbocycles. The van der Waals surface area contributed by atoms with E-state index in [0.717, 1.165) is 5.75 Å². The quantitative estimate of drug-likeness (QED) is 0.396. The molecule has 0 rings (SSSR count). The molecule has 0 heterocycles. The monoisotopic (exact) mass is 234 g/mol. The van der Waals surface area contributed by atoms with Crippen molar-refractivity contribution < 1.29 is 0 Å². The van der Waals surface area contributed by atoms with Gasteiger partial charge in [0, 0.05) is 5.25 Å². The number of thiol groups is 2. The van der Waals surface area contributed by atoms with E-state index in [-0.39, 0.29) is 0 Å². The Morgan fingerprint density at radius 3 is 2.00 bits per heavy atom. The first-order chi connectivity index (χ1) is 6.81. The Kier molecular flexibility index (Phi) is 12.4. The second kappa shape index (κ2) is 11.8. The van der Waals surface area contributed by atoms with Crippen LogP contribution < -0.4 is 0 Å². The van der Waals surface area contributed by atoms with Gasteiger partial charge in [-0.25, -0.2) is 0 Å². The van der Waals surface area contributed by atoms with Crippen LogP contribution in [0.3, 0.4) is 0 Å². The van der Waals surface area contributed by atoms with E-state index in [0.29, 0.717) is 5.25 Å². The zero-order valence-corrected chi connectivity index (χ0v) is 11.3. The van der Waals surface area contributed by atoms with Crippen molar-refractivity contribution >= 4 is 25.3 Å². The molecule has 0 aromatic rings. The zero-order valence-electron chi connectivity index (χ0n) is 9.54. The topological polar surface area (TPSA) is 0 Å². The first-order valence-corrected chi connectivity index (χ1v) is 7.25. The van der Waals surface area contributed by atoms with Crippen LogP contribution in [0.5, 0.6) is 0 Å². The van der Waals surface area contributed by atoms with Crippen molar-refractivity contribution in [3.05, 3.63) is 0 Å². The lowest BCUT2D eigenvalue weighted by atomic mass is 10.1. The fourth-order valence-electron chi connectivity index (χ4n) is 1.68. The normalized spacial score (nSPS) is 13.1. The summed E-state index contributed by atoms with van der Waals surface area (Å²) in [5.74, 6) is 1.05. The highest BCUT2D eigenvalue weighted by Gasteiger charge is 2.00. The summed E-state index contributed by atoms with van der Waals surface area (Å²) in [5.41, 5.74) is 0. The summed E-state index contributed by atoms with van der Waals surface area (Å²) in [6, 6.07) is 0. The van der Waals surface area contributed by atoms with Crippen LogP contribution >= 0.6 is 25.3 Å². The van der Waals surface area contributed by atoms with Crippen molar-refractivity contribution in [2.24, 2.45) is 0 Å². The minimum atomic E-state index is 0.650. The molecule has 86 valence electrons. The standard InChI is InChI=1S/C12H26S2/c1-2-9-12(14)10-7-5-3-4-6-8-11-13/h12-14H,2-11H2,1H3. The minimum Gasteiger partial charge on any atom is -0.179 e. The van der Waals surface area contributed by atoms with E-state index in [2.05, 4.69) is 32.2 Å². The molecule has 0 aromatic carbocycles. The zero-order chi connectivity index (χ0) is 10.6. The lowest BCUT2D eigenvalue weighted by Crippen LogP contribution is -1.97. The lowest BCUT2D eigenvalue weighted by Gasteiger charge is -2.08. The molecule has 0 aromatic heterocycles. The predicted octanol–water partition coefficient (Wildman–Crippen LogP) is 4.75. The SMILES string of the molecule is CCCC(S)CCCCCCCCS. The van der Waals surface area contributed by atoms with Crippen molar-refractivity contribution in [1.29, 1.82) is 0 Å². The summed E-state index contributed by atoms with van der Waals surface area (Å²) >= 11 is 8.76. The van der Waals surface area contributed by atoms with Crippen LogP contribution in [0.1, 0.15) is 64.7 Å². The Morgan fingerprint density at radius 1 is 0.857 bits per heavy atom. The van der Waals surface area contributed by atoms with Gasteiger partial charge in [-0.05, 0) is 25.0 Å². The second-order valence-corrected chi connectivity index (χ2v) is 5.25. The van der Waals surface area contributed by atoms with Crippen LogP contribution in [-0.2, 0) is 0 Å². The van der Waals surface area contributed by atoms with E-state index in [1.807, 2.05) is 0 Å². The van der Waals surface area contributed by atoms with Gasteiger partial charge in [-0.2, -0.15) is 25.3 Å². The second-order valence-electron chi connectivity index (χ2n) is 4.08. The highest BCUT2D eigenvalue weighted by atomic mass is 32.1. The highest BCUT2D eigenvalue weighted by molar-refractivity contribution is 7.81. The molecule has 0 spiro atoms. The maximum Gasteiger partial charge on any atom is 0.00167 e. The Hall–Kier alpha value is 0.700. The Labute approximate surface area is 101 Å². The van der Waals surface area contributed by atoms with Crippen LogP contribution in [0, 0.1) is 0 Å². The van der Waals surface area contributed by atoms with E-state index < -0.39 is 0 Å². The summed E-state index contributed by atoms with van der Waals surface area (Å²) in [6.07, 6.45) is 12.1. The molecule has 0 aliphatic carbocycles. The molecule has 0 bridgehead atoms. The molecule has 0 fully saturated rings. The number of rotatable bonds is 10. The van der Waals surface area contributed by atoms with E-state index >= 15 is 0 Å². The largest absolute Gasteiger partial charge is 0.179 e. The Bertz CT molecular complexity index is 104. The average Bonchev–Trinajstić information content (AvgIpc) is 2.17. The average molecular weight is 234 g/mol. The van der Waals surface area contributed by atoms with E-state index in [1.165, 1.54) is 57.8 Å². The van der Waals surface area contributed by atoms with Gasteiger partial charge in [-0.3, -0.25) is 0 Å². The van der Waals surface area contributed by atoms with E-state index in [4.69, 9.17) is 0 Å². The fourth-order valence-corrected chi connectivity index (χ4v) is 2.34. The first-order valence-electron chi connectivity index (χ1n) is 6.10. The smallest absolute Gasteiger partial charge is 0.00167 e. The molecule has 1 unspecified atom stereocenters. The Morgan fingerprint density at radius 2 is 1.43 bits per heavy atom. The van der Waals surface area contributed by atoms with Gasteiger partial charge in [0.25, 0.3) is 0 Å². The fraction of sp³-hybridized carbons (Fsp3) is 1.00. The first kappa shape index (κ1) is 14.7. The van der Waals surface area contributed by atoms with Crippen molar-refractivity contribution in [1.82, 2.24) is 0 Å². The van der Waals surface area contributed by atoms with Crippen molar-refractivity contribution in [2.45, 2.75) is 70.0 Å². The maximum absolute atomic E-state index is 4.56. The van der Waals surface area contributed by atoms with E-state index in [1.54, 1.807) is 0 Å². The summed E-state index contributed by atoms with van der Waals surface area (Å²) in [6.45, 7) is 2.24. The van der Waals surface area contributed by atoms with Crippen molar-refractivity contribution in [3.63, 3.8) is 0 Å². The molecule has 14 heavy (non-hydrogen) atoms. The van der Waals surface area contributed by atoms with Gasteiger partial charge in [-0.15, -0.1) is 0 Å².